The summed E-state index contributed by atoms with van der Waals surface area (Å²) in [5.41, 5.74) is -0.674. The molecule has 0 aliphatic carbocycles. The number of carbonyl (C=O) groups excluding carboxylic acids is 1. The van der Waals surface area contributed by atoms with E-state index >= 15 is 0 Å². The summed E-state index contributed by atoms with van der Waals surface area (Å²) in [6.45, 7) is 3.62. The molecule has 0 fully saturated rings. The van der Waals surface area contributed by atoms with E-state index in [9.17, 15) is 30.8 Å². The molecule has 194 valence electrons. The van der Waals surface area contributed by atoms with Gasteiger partial charge < -0.3 is 10.1 Å². The van der Waals surface area contributed by atoms with Crippen LogP contribution in [0.1, 0.15) is 62.3 Å². The zero-order chi connectivity index (χ0) is 26.2. The van der Waals surface area contributed by atoms with Crippen molar-refractivity contribution >= 4 is 22.5 Å². The lowest BCUT2D eigenvalue weighted by atomic mass is 9.99. The topological polar surface area (TPSA) is 88.6 Å². The van der Waals surface area contributed by atoms with Crippen LogP contribution in [0.4, 0.5) is 23.2 Å². The van der Waals surface area contributed by atoms with Gasteiger partial charge in [-0.15, -0.1) is 0 Å². The van der Waals surface area contributed by atoms with E-state index in [1.165, 1.54) is 32.2 Å². The maximum Gasteiger partial charge on any atom is 0.433 e. The molecular weight excluding hydrogens is 490 g/mol. The average molecular weight is 520 g/mol. The van der Waals surface area contributed by atoms with Gasteiger partial charge in [0.05, 0.1) is 18.2 Å². The van der Waals surface area contributed by atoms with Crippen LogP contribution in [-0.2, 0) is 28.4 Å². The lowest BCUT2D eigenvalue weighted by Gasteiger charge is -2.17. The summed E-state index contributed by atoms with van der Waals surface area (Å²) in [6.07, 6.45) is -1.13. The number of benzene rings is 1. The Hall–Kier alpha value is -2.89. The molecule has 2 aromatic rings. The van der Waals surface area contributed by atoms with Gasteiger partial charge in [-0.05, 0) is 43.2 Å². The zero-order valence-electron chi connectivity index (χ0n) is 19.7. The summed E-state index contributed by atoms with van der Waals surface area (Å²) in [5, 5.41) is 2.61. The van der Waals surface area contributed by atoms with Crippen LogP contribution in [0.3, 0.4) is 0 Å². The highest BCUT2D eigenvalue weighted by Crippen LogP contribution is 2.30. The molecule has 0 radical (unpaired) electrons. The number of halogens is 4. The van der Waals surface area contributed by atoms with Gasteiger partial charge >= 0.3 is 6.18 Å². The molecule has 1 heterocycles. The lowest BCUT2D eigenvalue weighted by Crippen LogP contribution is -2.28. The van der Waals surface area contributed by atoms with Gasteiger partial charge in [0.25, 0.3) is 0 Å². The van der Waals surface area contributed by atoms with Crippen molar-refractivity contribution in [2.45, 2.75) is 58.2 Å². The smallest absolute Gasteiger partial charge is 0.433 e. The maximum atomic E-state index is 14.4. The Labute approximate surface area is 203 Å². The number of thiol groups is 1. The monoisotopic (exact) mass is 519 g/mol. The van der Waals surface area contributed by atoms with Crippen LogP contribution in [0.2, 0.25) is 0 Å². The Morgan fingerprint density at radius 3 is 2.49 bits per heavy atom. The highest BCUT2D eigenvalue weighted by molar-refractivity contribution is 7.74. The molecule has 1 aromatic heterocycles. The first kappa shape index (κ1) is 28.3. The van der Waals surface area contributed by atoms with Gasteiger partial charge in [-0.2, -0.15) is 13.2 Å². The van der Waals surface area contributed by atoms with Gasteiger partial charge in [0.15, 0.2) is 0 Å². The van der Waals surface area contributed by atoms with Crippen LogP contribution < -0.4 is 14.4 Å². The third kappa shape index (κ3) is 8.08. The SMILES string of the molecule is CCCCCCOc1nc(C(F)(F)F)ccc1CNC(=O)C(C)c1ccc(N(C)[SH](=O)=O)c(F)c1. The summed E-state index contributed by atoms with van der Waals surface area (Å²) in [4.78, 5) is 16.2. The quantitative estimate of drug-likeness (QED) is 0.244. The van der Waals surface area contributed by atoms with Crippen LogP contribution in [0.5, 0.6) is 5.88 Å². The summed E-state index contributed by atoms with van der Waals surface area (Å²) in [6, 6.07) is 5.78. The van der Waals surface area contributed by atoms with E-state index in [2.05, 4.69) is 10.3 Å². The molecule has 0 spiro atoms. The number of rotatable bonds is 12. The molecule has 0 bridgehead atoms. The Morgan fingerprint density at radius 2 is 1.89 bits per heavy atom. The second kappa shape index (κ2) is 12.7. The van der Waals surface area contributed by atoms with E-state index < -0.39 is 40.4 Å². The summed E-state index contributed by atoms with van der Waals surface area (Å²) in [7, 11) is -1.82. The maximum absolute atomic E-state index is 14.4. The van der Waals surface area contributed by atoms with Crippen molar-refractivity contribution < 1.29 is 35.5 Å². The Balaban J connectivity index is 2.12. The van der Waals surface area contributed by atoms with Gasteiger partial charge in [-0.1, -0.05) is 32.3 Å². The van der Waals surface area contributed by atoms with Crippen LogP contribution in [0.15, 0.2) is 30.3 Å². The zero-order valence-corrected chi connectivity index (χ0v) is 20.6. The van der Waals surface area contributed by atoms with Crippen LogP contribution in [0.25, 0.3) is 0 Å². The third-order valence-corrected chi connectivity index (χ3v) is 6.08. The van der Waals surface area contributed by atoms with E-state index in [-0.39, 0.29) is 30.3 Å². The number of hydrogen-bond acceptors (Lipinski definition) is 5. The Morgan fingerprint density at radius 1 is 1.17 bits per heavy atom. The summed E-state index contributed by atoms with van der Waals surface area (Å²) >= 11 is 0. The highest BCUT2D eigenvalue weighted by atomic mass is 32.2. The molecule has 1 aromatic carbocycles. The van der Waals surface area contributed by atoms with E-state index in [1.54, 1.807) is 0 Å². The van der Waals surface area contributed by atoms with Crippen molar-refractivity contribution in [3.8, 4) is 5.88 Å². The molecule has 7 nitrogen and oxygen atoms in total. The molecule has 0 saturated carbocycles. The van der Waals surface area contributed by atoms with Gasteiger partial charge in [-0.3, -0.25) is 9.10 Å². The van der Waals surface area contributed by atoms with Gasteiger partial charge in [-0.25, -0.2) is 17.8 Å². The number of alkyl halides is 3. The molecule has 12 heteroatoms. The predicted octanol–water partition coefficient (Wildman–Crippen LogP) is 4.58. The van der Waals surface area contributed by atoms with E-state index in [0.29, 0.717) is 12.0 Å². The number of anilines is 1. The Kier molecular flexibility index (Phi) is 10.3. The number of unbranched alkanes of at least 4 members (excludes halogenated alkanes) is 3. The number of nitrogens with one attached hydrogen (secondary N) is 1. The van der Waals surface area contributed by atoms with Crippen LogP contribution in [0, 0.1) is 5.82 Å². The molecule has 0 aliphatic rings. The highest BCUT2D eigenvalue weighted by Gasteiger charge is 2.33. The number of nitrogens with zero attached hydrogens (tertiary/aromatic N) is 2. The fraction of sp³-hybridized carbons (Fsp3) is 0.478. The van der Waals surface area contributed by atoms with Crippen molar-refractivity contribution in [3.63, 3.8) is 0 Å². The molecule has 0 aliphatic heterocycles. The van der Waals surface area contributed by atoms with Crippen LogP contribution >= 0.6 is 0 Å². The van der Waals surface area contributed by atoms with Crippen molar-refractivity contribution in [1.29, 1.82) is 0 Å². The van der Waals surface area contributed by atoms with E-state index in [0.717, 1.165) is 35.7 Å². The fourth-order valence-electron chi connectivity index (χ4n) is 3.21. The van der Waals surface area contributed by atoms with Gasteiger partial charge in [0, 0.05) is 19.2 Å². The molecule has 1 N–H and O–H groups in total. The predicted molar refractivity (Wildman–Crippen MR) is 124 cm³/mol. The van der Waals surface area contributed by atoms with E-state index in [4.69, 9.17) is 4.74 Å². The van der Waals surface area contributed by atoms with Crippen LogP contribution in [-0.4, -0.2) is 33.0 Å². The summed E-state index contributed by atoms with van der Waals surface area (Å²) < 4.78 is 82.0. The normalized spacial score (nSPS) is 12.5. The standard InChI is InChI=1S/C23H29F4N3O4S/c1-4-5-6-7-12-34-22-17(9-11-20(29-22)23(25,26)27)14-28-21(31)15(2)16-8-10-19(18(24)13-16)30(3)35(32)33/h8-11,13,15,35H,4-7,12,14H2,1-3H3,(H,28,31). The first-order valence-electron chi connectivity index (χ1n) is 11.1. The molecule has 2 rings (SSSR count). The Bertz CT molecular complexity index is 1080. The number of ether oxygens (including phenoxy) is 1. The second-order valence-corrected chi connectivity index (χ2v) is 9.06. The van der Waals surface area contributed by atoms with Crippen molar-refractivity contribution in [2.24, 2.45) is 0 Å². The summed E-state index contributed by atoms with van der Waals surface area (Å²) in [5.74, 6) is -2.33. The first-order chi connectivity index (χ1) is 16.5. The minimum atomic E-state index is -4.64. The molecule has 1 atom stereocenters. The number of aromatic nitrogens is 1. The molecule has 0 saturated heterocycles. The van der Waals surface area contributed by atoms with Crippen molar-refractivity contribution in [1.82, 2.24) is 10.3 Å². The fourth-order valence-corrected chi connectivity index (χ4v) is 3.55. The number of pyridine rings is 1. The molecular formula is C23H29F4N3O4S. The lowest BCUT2D eigenvalue weighted by molar-refractivity contribution is -0.141. The van der Waals surface area contributed by atoms with Gasteiger partial charge in [0.1, 0.15) is 11.5 Å². The van der Waals surface area contributed by atoms with Crippen molar-refractivity contribution in [2.75, 3.05) is 18.0 Å². The largest absolute Gasteiger partial charge is 0.477 e. The number of amides is 1. The molecule has 1 amide bonds. The minimum Gasteiger partial charge on any atom is -0.477 e. The third-order valence-electron chi connectivity index (χ3n) is 5.38. The number of carbonyl (C=O) groups is 1. The van der Waals surface area contributed by atoms with E-state index in [1.807, 2.05) is 6.92 Å². The minimum absolute atomic E-state index is 0.140. The molecule has 1 unspecified atom stereocenters. The number of hydrogen-bond donors (Lipinski definition) is 2. The molecule has 35 heavy (non-hydrogen) atoms. The first-order valence-corrected chi connectivity index (χ1v) is 12.2. The van der Waals surface area contributed by atoms with Crippen molar-refractivity contribution in [3.05, 3.63) is 53.0 Å². The second-order valence-electron chi connectivity index (χ2n) is 7.98. The average Bonchev–Trinajstić information content (AvgIpc) is 2.81. The van der Waals surface area contributed by atoms with Gasteiger partial charge in [0.2, 0.25) is 22.7 Å².